The van der Waals surface area contributed by atoms with E-state index in [-0.39, 0.29) is 22.5 Å². The fourth-order valence-corrected chi connectivity index (χ4v) is 2.34. The summed E-state index contributed by atoms with van der Waals surface area (Å²) < 4.78 is 23.5. The third kappa shape index (κ3) is 3.97. The van der Waals surface area contributed by atoms with Crippen molar-refractivity contribution < 1.29 is 18.8 Å². The van der Waals surface area contributed by atoms with Gasteiger partial charge in [0.05, 0.1) is 6.61 Å². The van der Waals surface area contributed by atoms with E-state index in [0.717, 1.165) is 0 Å². The van der Waals surface area contributed by atoms with Crippen LogP contribution in [0.3, 0.4) is 0 Å². The summed E-state index contributed by atoms with van der Waals surface area (Å²) in [6, 6.07) is 10.6. The van der Waals surface area contributed by atoms with E-state index in [4.69, 9.17) is 20.9 Å². The summed E-state index contributed by atoms with van der Waals surface area (Å²) in [5, 5.41) is 13.8. The number of phenolic OH excluding ortho intramolecular Hbond substituents is 1. The van der Waals surface area contributed by atoms with Gasteiger partial charge in [0.2, 0.25) is 5.82 Å². The average Bonchev–Trinajstić information content (AvgIpc) is 3.09. The number of hydrogen-bond acceptors (Lipinski definition) is 5. The molecule has 128 valence electrons. The third-order valence-corrected chi connectivity index (χ3v) is 3.58. The highest BCUT2D eigenvalue weighted by Crippen LogP contribution is 2.30. The monoisotopic (exact) mass is 360 g/mol. The van der Waals surface area contributed by atoms with E-state index in [1.54, 1.807) is 30.3 Å². The van der Waals surface area contributed by atoms with Gasteiger partial charge in [-0.2, -0.15) is 4.98 Å². The number of ether oxygens (including phenoxy) is 1. The molecule has 0 spiro atoms. The molecule has 0 radical (unpaired) electrons. The zero-order valence-electron chi connectivity index (χ0n) is 13.2. The summed E-state index contributed by atoms with van der Waals surface area (Å²) >= 11 is 6.24. The molecule has 0 bridgehead atoms. The second kappa shape index (κ2) is 7.36. The Bertz CT molecular complexity index is 907. The van der Waals surface area contributed by atoms with Crippen LogP contribution in [0.15, 0.2) is 47.0 Å². The summed E-state index contributed by atoms with van der Waals surface area (Å²) in [4.78, 5) is 4.20. The Labute approximate surface area is 148 Å². The summed E-state index contributed by atoms with van der Waals surface area (Å²) in [6.45, 7) is 2.25. The highest BCUT2D eigenvalue weighted by atomic mass is 35.5. The van der Waals surface area contributed by atoms with Gasteiger partial charge in [0.1, 0.15) is 10.8 Å². The Morgan fingerprint density at radius 3 is 2.76 bits per heavy atom. The molecule has 0 saturated heterocycles. The van der Waals surface area contributed by atoms with Gasteiger partial charge >= 0.3 is 0 Å². The highest BCUT2D eigenvalue weighted by Gasteiger charge is 2.12. The van der Waals surface area contributed by atoms with Crippen LogP contribution in [0.5, 0.6) is 11.5 Å². The molecule has 0 fully saturated rings. The fraction of sp³-hybridized carbons (Fsp3) is 0.111. The van der Waals surface area contributed by atoms with Gasteiger partial charge in [-0.05, 0) is 55.0 Å². The minimum atomic E-state index is -0.345. The molecule has 3 rings (SSSR count). The Morgan fingerprint density at radius 2 is 2.04 bits per heavy atom. The normalized spacial score (nSPS) is 11.6. The van der Waals surface area contributed by atoms with E-state index in [1.165, 1.54) is 18.2 Å². The first kappa shape index (κ1) is 17.0. The van der Waals surface area contributed by atoms with Gasteiger partial charge < -0.3 is 14.4 Å². The molecule has 0 saturated carbocycles. The molecule has 0 aliphatic rings. The minimum absolute atomic E-state index is 0.0477. The van der Waals surface area contributed by atoms with Gasteiger partial charge in [-0.3, -0.25) is 0 Å². The number of benzene rings is 2. The predicted octanol–water partition coefficient (Wildman–Crippen LogP) is 4.72. The summed E-state index contributed by atoms with van der Waals surface area (Å²) in [7, 11) is 0. The van der Waals surface area contributed by atoms with E-state index in [2.05, 4.69) is 10.1 Å². The number of aromatic nitrogens is 2. The first-order valence-corrected chi connectivity index (χ1v) is 7.87. The van der Waals surface area contributed by atoms with Gasteiger partial charge in [-0.25, -0.2) is 4.39 Å². The molecule has 0 amide bonds. The maximum atomic E-state index is 13.0. The van der Waals surface area contributed by atoms with Crippen LogP contribution in [0, 0.1) is 5.82 Å². The van der Waals surface area contributed by atoms with Crippen molar-refractivity contribution in [3.8, 4) is 22.9 Å². The number of aromatic hydroxyl groups is 1. The van der Waals surface area contributed by atoms with E-state index < -0.39 is 0 Å². The van der Waals surface area contributed by atoms with Crippen LogP contribution in [0.2, 0.25) is 0 Å². The molecule has 1 heterocycles. The van der Waals surface area contributed by atoms with Crippen molar-refractivity contribution in [3.63, 3.8) is 0 Å². The van der Waals surface area contributed by atoms with Crippen molar-refractivity contribution in [2.45, 2.75) is 6.92 Å². The maximum absolute atomic E-state index is 13.0. The van der Waals surface area contributed by atoms with E-state index in [1.807, 2.05) is 6.92 Å². The van der Waals surface area contributed by atoms with E-state index >= 15 is 0 Å². The van der Waals surface area contributed by atoms with Crippen molar-refractivity contribution >= 4 is 22.7 Å². The minimum Gasteiger partial charge on any atom is -0.504 e. The van der Waals surface area contributed by atoms with Gasteiger partial charge in [-0.1, -0.05) is 22.8 Å². The molecule has 1 N–H and O–H groups in total. The summed E-state index contributed by atoms with van der Waals surface area (Å²) in [5.41, 5.74) is 1.32. The van der Waals surface area contributed by atoms with Crippen molar-refractivity contribution in [2.75, 3.05) is 6.61 Å². The molecule has 3 aromatic rings. The maximum Gasteiger partial charge on any atom is 0.269 e. The third-order valence-electron chi connectivity index (χ3n) is 3.31. The first-order chi connectivity index (χ1) is 12.1. The topological polar surface area (TPSA) is 68.4 Å². The zero-order chi connectivity index (χ0) is 17.8. The van der Waals surface area contributed by atoms with Crippen LogP contribution >= 0.6 is 11.6 Å². The summed E-state index contributed by atoms with van der Waals surface area (Å²) in [6.07, 6.45) is 1.62. The predicted molar refractivity (Wildman–Crippen MR) is 92.7 cm³/mol. The second-order valence-corrected chi connectivity index (χ2v) is 5.49. The largest absolute Gasteiger partial charge is 0.504 e. The van der Waals surface area contributed by atoms with Gasteiger partial charge in [-0.15, -0.1) is 0 Å². The molecule has 1 aromatic heterocycles. The van der Waals surface area contributed by atoms with E-state index in [0.29, 0.717) is 29.3 Å². The lowest BCUT2D eigenvalue weighted by atomic mass is 10.2. The zero-order valence-corrected chi connectivity index (χ0v) is 14.0. The molecule has 0 aliphatic carbocycles. The SMILES string of the molecule is CCOc1cc(/C=C(\Cl)c2nc(-c3ccc(F)cc3)no2)ccc1O. The Kier molecular flexibility index (Phi) is 5.00. The molecular formula is C18H14ClFN2O3. The fourth-order valence-electron chi connectivity index (χ4n) is 2.14. The van der Waals surface area contributed by atoms with Crippen LogP contribution in [0.25, 0.3) is 22.5 Å². The van der Waals surface area contributed by atoms with Crippen molar-refractivity contribution in [2.24, 2.45) is 0 Å². The lowest BCUT2D eigenvalue weighted by Gasteiger charge is -2.06. The van der Waals surface area contributed by atoms with Crippen LogP contribution in [-0.4, -0.2) is 21.9 Å². The number of nitrogens with zero attached hydrogens (tertiary/aromatic N) is 2. The molecule has 0 aliphatic heterocycles. The molecule has 0 unspecified atom stereocenters. The van der Waals surface area contributed by atoms with Crippen LogP contribution in [0.1, 0.15) is 18.4 Å². The molecule has 5 nitrogen and oxygen atoms in total. The second-order valence-electron chi connectivity index (χ2n) is 5.08. The van der Waals surface area contributed by atoms with Crippen LogP contribution < -0.4 is 4.74 Å². The van der Waals surface area contributed by atoms with Gasteiger partial charge in [0, 0.05) is 5.56 Å². The molecular weight excluding hydrogens is 347 g/mol. The summed E-state index contributed by atoms with van der Waals surface area (Å²) in [5.74, 6) is 0.502. The van der Waals surface area contributed by atoms with Crippen molar-refractivity contribution in [1.82, 2.24) is 10.1 Å². The molecule has 0 atom stereocenters. The quantitative estimate of drug-likeness (QED) is 0.713. The Hall–Kier alpha value is -2.86. The van der Waals surface area contributed by atoms with Crippen molar-refractivity contribution in [1.29, 1.82) is 0 Å². The smallest absolute Gasteiger partial charge is 0.269 e. The van der Waals surface area contributed by atoms with Gasteiger partial charge in [0.15, 0.2) is 11.5 Å². The number of halogens is 2. The van der Waals surface area contributed by atoms with Gasteiger partial charge in [0.25, 0.3) is 5.89 Å². The molecule has 2 aromatic carbocycles. The number of rotatable bonds is 5. The van der Waals surface area contributed by atoms with Crippen molar-refractivity contribution in [3.05, 3.63) is 59.7 Å². The molecule has 25 heavy (non-hydrogen) atoms. The lowest BCUT2D eigenvalue weighted by molar-refractivity contribution is 0.318. The standard InChI is InChI=1S/C18H14ClFN2O3/c1-2-24-16-10-11(3-8-15(16)23)9-14(19)18-21-17(22-25-18)12-4-6-13(20)7-5-12/h3-10,23H,2H2,1H3/b14-9-. The number of phenols is 1. The van der Waals surface area contributed by atoms with Crippen LogP contribution in [-0.2, 0) is 0 Å². The first-order valence-electron chi connectivity index (χ1n) is 7.50. The Balaban J connectivity index is 1.86. The highest BCUT2D eigenvalue weighted by molar-refractivity contribution is 6.50. The number of hydrogen-bond donors (Lipinski definition) is 1. The van der Waals surface area contributed by atoms with E-state index in [9.17, 15) is 9.50 Å². The van der Waals surface area contributed by atoms with Crippen LogP contribution in [0.4, 0.5) is 4.39 Å². The lowest BCUT2D eigenvalue weighted by Crippen LogP contribution is -1.92. The Morgan fingerprint density at radius 1 is 1.28 bits per heavy atom. The average molecular weight is 361 g/mol. The molecule has 7 heteroatoms.